The molecule has 1 rings (SSSR count). The smallest absolute Gasteiger partial charge is 0.325 e. The van der Waals surface area contributed by atoms with Crippen LogP contribution < -0.4 is 11.1 Å². The molecule has 6 heteroatoms. The molecule has 1 saturated heterocycles. The van der Waals surface area contributed by atoms with Crippen LogP contribution in [0, 0.1) is 0 Å². The first-order valence-corrected chi connectivity index (χ1v) is 5.44. The van der Waals surface area contributed by atoms with Gasteiger partial charge < -0.3 is 16.2 Å². The number of hydrogen-bond donors (Lipinski definition) is 3. The molecule has 0 radical (unpaired) electrons. The van der Waals surface area contributed by atoms with Crippen LogP contribution in [0.25, 0.3) is 0 Å². The van der Waals surface area contributed by atoms with Gasteiger partial charge in [-0.2, -0.15) is 0 Å². The van der Waals surface area contributed by atoms with Crippen molar-refractivity contribution in [3.63, 3.8) is 0 Å². The Balaban J connectivity index is 2.59. The van der Waals surface area contributed by atoms with E-state index >= 15 is 0 Å². The number of likely N-dealkylation sites (N-methyl/N-ethyl adjacent to an activating group) is 1. The molecule has 0 aliphatic carbocycles. The van der Waals surface area contributed by atoms with E-state index in [4.69, 9.17) is 10.8 Å². The zero-order valence-corrected chi connectivity index (χ0v) is 9.69. The van der Waals surface area contributed by atoms with Crippen LogP contribution in [0.2, 0.25) is 0 Å². The largest absolute Gasteiger partial charge is 0.480 e. The summed E-state index contributed by atoms with van der Waals surface area (Å²) < 4.78 is 0. The number of amides is 1. The van der Waals surface area contributed by atoms with Crippen LogP contribution in [-0.4, -0.2) is 53.1 Å². The van der Waals surface area contributed by atoms with E-state index in [2.05, 4.69) is 5.32 Å². The number of carboxylic acid groups (broad SMARTS) is 1. The molecule has 1 fully saturated rings. The minimum atomic E-state index is -1.21. The van der Waals surface area contributed by atoms with E-state index in [0.29, 0.717) is 19.5 Å². The third-order valence-corrected chi connectivity index (χ3v) is 3.03. The van der Waals surface area contributed by atoms with Crippen LogP contribution in [0.15, 0.2) is 0 Å². The normalized spacial score (nSPS) is 27.7. The number of hydrogen-bond acceptors (Lipinski definition) is 4. The molecule has 2 atom stereocenters. The van der Waals surface area contributed by atoms with Gasteiger partial charge in [0.25, 0.3) is 0 Å². The highest BCUT2D eigenvalue weighted by atomic mass is 16.4. The second-order valence-corrected chi connectivity index (χ2v) is 4.25. The van der Waals surface area contributed by atoms with E-state index in [-0.39, 0.29) is 18.5 Å². The van der Waals surface area contributed by atoms with Gasteiger partial charge in [-0.15, -0.1) is 0 Å². The molecule has 1 aliphatic rings. The second kappa shape index (κ2) is 4.80. The van der Waals surface area contributed by atoms with Crippen molar-refractivity contribution in [3.8, 4) is 0 Å². The van der Waals surface area contributed by atoms with E-state index in [0.717, 1.165) is 0 Å². The zero-order chi connectivity index (χ0) is 12.3. The Kier molecular flexibility index (Phi) is 3.88. The number of nitrogens with one attached hydrogen (secondary N) is 1. The molecule has 1 amide bonds. The van der Waals surface area contributed by atoms with Gasteiger partial charge in [0.05, 0.1) is 6.04 Å². The molecular weight excluding hydrogens is 210 g/mol. The highest BCUT2D eigenvalue weighted by molar-refractivity contribution is 5.82. The fourth-order valence-corrected chi connectivity index (χ4v) is 1.86. The monoisotopic (exact) mass is 229 g/mol. The van der Waals surface area contributed by atoms with Gasteiger partial charge in [-0.3, -0.25) is 14.5 Å². The summed E-state index contributed by atoms with van der Waals surface area (Å²) in [6.07, 6.45) is 0.381. The second-order valence-electron chi connectivity index (χ2n) is 4.25. The van der Waals surface area contributed by atoms with Crippen LogP contribution in [0.5, 0.6) is 0 Å². The van der Waals surface area contributed by atoms with Gasteiger partial charge in [0.2, 0.25) is 5.91 Å². The summed E-state index contributed by atoms with van der Waals surface area (Å²) in [4.78, 5) is 24.3. The lowest BCUT2D eigenvalue weighted by atomic mass is 10.0. The van der Waals surface area contributed by atoms with Crippen LogP contribution in [0.1, 0.15) is 20.3 Å². The molecule has 16 heavy (non-hydrogen) atoms. The quantitative estimate of drug-likeness (QED) is 0.574. The number of nitrogens with zero attached hydrogens (tertiary/aromatic N) is 1. The average molecular weight is 229 g/mol. The lowest BCUT2D eigenvalue weighted by molar-refractivity contribution is -0.143. The van der Waals surface area contributed by atoms with Gasteiger partial charge in [0.15, 0.2) is 0 Å². The summed E-state index contributed by atoms with van der Waals surface area (Å²) >= 11 is 0. The predicted octanol–water partition coefficient (Wildman–Crippen LogP) is -1.00. The maximum absolute atomic E-state index is 11.6. The Bertz CT molecular complexity index is 295. The van der Waals surface area contributed by atoms with Crippen LogP contribution in [0.4, 0.5) is 0 Å². The number of carbonyl (C=O) groups excluding carboxylic acids is 1. The first-order chi connectivity index (χ1) is 7.40. The molecule has 0 aromatic rings. The molecule has 1 heterocycles. The van der Waals surface area contributed by atoms with Crippen molar-refractivity contribution < 1.29 is 14.7 Å². The Hall–Kier alpha value is -1.14. The average Bonchev–Trinajstić information content (AvgIpc) is 2.61. The van der Waals surface area contributed by atoms with Gasteiger partial charge in [-0.1, -0.05) is 0 Å². The lowest BCUT2D eigenvalue weighted by Gasteiger charge is -2.24. The van der Waals surface area contributed by atoms with Crippen LogP contribution >= 0.6 is 0 Å². The summed E-state index contributed by atoms with van der Waals surface area (Å²) in [7, 11) is 0. The maximum Gasteiger partial charge on any atom is 0.325 e. The van der Waals surface area contributed by atoms with E-state index in [1.165, 1.54) is 0 Å². The van der Waals surface area contributed by atoms with E-state index in [1.54, 1.807) is 11.8 Å². The van der Waals surface area contributed by atoms with Crippen molar-refractivity contribution >= 4 is 11.9 Å². The maximum atomic E-state index is 11.6. The predicted molar refractivity (Wildman–Crippen MR) is 58.9 cm³/mol. The van der Waals surface area contributed by atoms with E-state index in [1.807, 2.05) is 6.92 Å². The molecule has 6 nitrogen and oxygen atoms in total. The molecule has 0 bridgehead atoms. The highest BCUT2D eigenvalue weighted by Gasteiger charge is 2.43. The Morgan fingerprint density at radius 1 is 1.62 bits per heavy atom. The molecule has 0 aromatic carbocycles. The highest BCUT2D eigenvalue weighted by Crippen LogP contribution is 2.21. The fraction of sp³-hybridized carbons (Fsp3) is 0.800. The molecule has 2 unspecified atom stereocenters. The topological polar surface area (TPSA) is 95.7 Å². The van der Waals surface area contributed by atoms with Gasteiger partial charge in [0.1, 0.15) is 5.54 Å². The summed E-state index contributed by atoms with van der Waals surface area (Å²) in [6.45, 7) is 4.95. The molecule has 0 aromatic heterocycles. The van der Waals surface area contributed by atoms with Gasteiger partial charge in [-0.05, 0) is 20.3 Å². The molecule has 0 saturated carbocycles. The standard InChI is InChI=1S/C10H19N3O3/c1-3-12-8(14)7(2)13-5-4-10(11,6-13)9(15)16/h7H,3-6,11H2,1-2H3,(H,12,14)(H,15,16). The van der Waals surface area contributed by atoms with Crippen molar-refractivity contribution in [3.05, 3.63) is 0 Å². The van der Waals surface area contributed by atoms with Crippen LogP contribution in [-0.2, 0) is 9.59 Å². The minimum Gasteiger partial charge on any atom is -0.480 e. The minimum absolute atomic E-state index is 0.0860. The number of nitrogens with two attached hydrogens (primary N) is 1. The van der Waals surface area contributed by atoms with E-state index in [9.17, 15) is 9.59 Å². The molecule has 1 aliphatic heterocycles. The number of carbonyl (C=O) groups is 2. The fourth-order valence-electron chi connectivity index (χ4n) is 1.86. The SMILES string of the molecule is CCNC(=O)C(C)N1CCC(N)(C(=O)O)C1. The van der Waals surface area contributed by atoms with Crippen molar-refractivity contribution in [2.75, 3.05) is 19.6 Å². The third kappa shape index (κ3) is 2.51. The Morgan fingerprint density at radius 2 is 2.25 bits per heavy atom. The summed E-state index contributed by atoms with van der Waals surface area (Å²) in [6, 6.07) is -0.329. The summed E-state index contributed by atoms with van der Waals surface area (Å²) in [5, 5.41) is 11.7. The van der Waals surface area contributed by atoms with E-state index < -0.39 is 11.5 Å². The first-order valence-electron chi connectivity index (χ1n) is 5.44. The molecule has 4 N–H and O–H groups in total. The summed E-state index contributed by atoms with van der Waals surface area (Å²) in [5.74, 6) is -1.09. The lowest BCUT2D eigenvalue weighted by Crippen LogP contribution is -2.52. The summed E-state index contributed by atoms with van der Waals surface area (Å²) in [5.41, 5.74) is 4.52. The zero-order valence-electron chi connectivity index (χ0n) is 9.69. The third-order valence-electron chi connectivity index (χ3n) is 3.03. The molecule has 0 spiro atoms. The number of aliphatic carboxylic acids is 1. The van der Waals surface area contributed by atoms with Crippen molar-refractivity contribution in [2.24, 2.45) is 5.73 Å². The Morgan fingerprint density at radius 3 is 2.69 bits per heavy atom. The molecule has 92 valence electrons. The van der Waals surface area contributed by atoms with Crippen molar-refractivity contribution in [1.82, 2.24) is 10.2 Å². The first kappa shape index (κ1) is 12.9. The van der Waals surface area contributed by atoms with Gasteiger partial charge >= 0.3 is 5.97 Å². The van der Waals surface area contributed by atoms with Gasteiger partial charge in [-0.25, -0.2) is 0 Å². The Labute approximate surface area is 94.8 Å². The number of likely N-dealkylation sites (tertiary alicyclic amines) is 1. The number of rotatable bonds is 4. The van der Waals surface area contributed by atoms with Crippen molar-refractivity contribution in [1.29, 1.82) is 0 Å². The van der Waals surface area contributed by atoms with Gasteiger partial charge in [0, 0.05) is 19.6 Å². The number of carboxylic acids is 1. The molecular formula is C10H19N3O3. The van der Waals surface area contributed by atoms with Crippen LogP contribution in [0.3, 0.4) is 0 Å². The van der Waals surface area contributed by atoms with Crippen molar-refractivity contribution in [2.45, 2.75) is 31.8 Å².